The first-order valence-corrected chi connectivity index (χ1v) is 15.3. The van der Waals surface area contributed by atoms with Crippen LogP contribution in [0.15, 0.2) is 78.9 Å². The number of rotatable bonds is 9. The number of hydrogen-bond donors (Lipinski definition) is 3. The summed E-state index contributed by atoms with van der Waals surface area (Å²) >= 11 is 6.07. The van der Waals surface area contributed by atoms with Crippen molar-refractivity contribution in [2.75, 3.05) is 23.8 Å². The third kappa shape index (κ3) is 4.83. The number of benzene rings is 3. The molecule has 3 fully saturated rings. The topological polar surface area (TPSA) is 117 Å². The maximum atomic E-state index is 14.6. The average Bonchev–Trinajstić information content (AvgIpc) is 3.53. The molecule has 0 aromatic heterocycles. The number of likely N-dealkylation sites (tertiary alicyclic amines) is 1. The number of anilines is 2. The largest absolute Gasteiger partial charge is 0.494 e. The lowest BCUT2D eigenvalue weighted by Gasteiger charge is -2.37. The number of amides is 3. The molecule has 3 aromatic carbocycles. The Kier molecular flexibility index (Phi) is 7.90. The van der Waals surface area contributed by atoms with Gasteiger partial charge in [0.2, 0.25) is 17.7 Å². The van der Waals surface area contributed by atoms with Gasteiger partial charge >= 0.3 is 0 Å². The van der Waals surface area contributed by atoms with Crippen LogP contribution in [0.5, 0.6) is 5.75 Å². The van der Waals surface area contributed by atoms with Crippen molar-refractivity contribution in [1.29, 1.82) is 0 Å². The highest BCUT2D eigenvalue weighted by Gasteiger charge is 2.80. The highest BCUT2D eigenvalue weighted by molar-refractivity contribution is 6.30. The van der Waals surface area contributed by atoms with Crippen molar-refractivity contribution in [2.45, 2.75) is 50.5 Å². The van der Waals surface area contributed by atoms with E-state index in [1.807, 2.05) is 51.1 Å². The van der Waals surface area contributed by atoms with Crippen LogP contribution in [0.2, 0.25) is 5.02 Å². The molecule has 0 radical (unpaired) electrons. The van der Waals surface area contributed by atoms with Crippen LogP contribution in [0.4, 0.5) is 11.4 Å². The molecule has 3 aliphatic rings. The Balaban J connectivity index is 1.40. The van der Waals surface area contributed by atoms with Crippen LogP contribution in [0.25, 0.3) is 0 Å². The maximum Gasteiger partial charge on any atom is 0.250 e. The summed E-state index contributed by atoms with van der Waals surface area (Å²) in [6.07, 6.45) is 0.398. The Bertz CT molecular complexity index is 1550. The van der Waals surface area contributed by atoms with Crippen LogP contribution in [-0.4, -0.2) is 58.2 Å². The van der Waals surface area contributed by atoms with Gasteiger partial charge in [-0.3, -0.25) is 14.4 Å². The number of carbonyl (C=O) groups excluding carboxylic acids is 3. The molecule has 0 aliphatic carbocycles. The molecule has 44 heavy (non-hydrogen) atoms. The third-order valence-electron chi connectivity index (χ3n) is 9.52. The van der Waals surface area contributed by atoms with E-state index in [4.69, 9.17) is 21.1 Å². The molecule has 6 rings (SSSR count). The lowest BCUT2D eigenvalue weighted by molar-refractivity contribution is -0.148. The molecule has 3 aliphatic heterocycles. The lowest BCUT2D eigenvalue weighted by Crippen LogP contribution is -2.54. The summed E-state index contributed by atoms with van der Waals surface area (Å²) in [7, 11) is 0. The third-order valence-corrected chi connectivity index (χ3v) is 9.77. The molecule has 1 spiro atoms. The van der Waals surface area contributed by atoms with E-state index in [0.29, 0.717) is 40.7 Å². The van der Waals surface area contributed by atoms with Crippen molar-refractivity contribution >= 4 is 40.7 Å². The van der Waals surface area contributed by atoms with Crippen LogP contribution >= 0.6 is 11.6 Å². The molecule has 10 heteroatoms. The minimum absolute atomic E-state index is 0.141. The minimum atomic E-state index is -1.29. The van der Waals surface area contributed by atoms with Crippen LogP contribution in [0, 0.1) is 17.8 Å². The molecule has 0 saturated carbocycles. The zero-order chi connectivity index (χ0) is 31.2. The number of aliphatic hydroxyl groups excluding tert-OH is 1. The van der Waals surface area contributed by atoms with Gasteiger partial charge in [-0.2, -0.15) is 0 Å². The molecule has 230 valence electrons. The van der Waals surface area contributed by atoms with Crippen LogP contribution in [0.3, 0.4) is 0 Å². The molecule has 7 atom stereocenters. The Hall–Kier alpha value is -3.92. The van der Waals surface area contributed by atoms with Crippen molar-refractivity contribution in [3.8, 4) is 5.75 Å². The standard InChI is InChI=1S/C34H36ClN3O6/c1-4-43-25-16-14-24(15-17-25)36-30(40)27-28-32(42)38(26(19-39)21-8-6-5-7-9-21)29(34(28)18-20(2)33(27,3)44-34)31(41)37-23-12-10-22(35)11-13-23/h5-17,20,26-29,39H,4,18-19H2,1-3H3,(H,36,40)(H,37,41)/t20?,26-,27+,28+,29?,33-,34?/m1/s1. The van der Waals surface area contributed by atoms with Gasteiger partial charge in [0.25, 0.3) is 0 Å². The summed E-state index contributed by atoms with van der Waals surface area (Å²) in [6, 6.07) is 20.9. The van der Waals surface area contributed by atoms with E-state index >= 15 is 0 Å². The first-order chi connectivity index (χ1) is 21.1. The fraction of sp³-hybridized carbons (Fsp3) is 0.382. The van der Waals surface area contributed by atoms with Gasteiger partial charge in [-0.25, -0.2) is 0 Å². The lowest BCUT2D eigenvalue weighted by atomic mass is 9.62. The van der Waals surface area contributed by atoms with Gasteiger partial charge in [-0.1, -0.05) is 48.9 Å². The van der Waals surface area contributed by atoms with E-state index < -0.39 is 53.5 Å². The number of ether oxygens (including phenoxy) is 2. The predicted molar refractivity (Wildman–Crippen MR) is 166 cm³/mol. The SMILES string of the molecule is CCOc1ccc(NC(=O)[C@@H]2[C@H]3C(=O)N([C@H](CO)c4ccccc4)C(C(=O)Nc4ccc(Cl)cc4)C34CC(C)[C@@]2(C)O4)cc1. The number of carbonyl (C=O) groups is 3. The first-order valence-electron chi connectivity index (χ1n) is 14.9. The van der Waals surface area contributed by atoms with Gasteiger partial charge in [-0.05, 0) is 80.3 Å². The second kappa shape index (κ2) is 11.5. The fourth-order valence-electron chi connectivity index (χ4n) is 7.51. The molecule has 9 nitrogen and oxygen atoms in total. The summed E-state index contributed by atoms with van der Waals surface area (Å²) < 4.78 is 12.3. The van der Waals surface area contributed by atoms with Gasteiger partial charge in [0.1, 0.15) is 17.4 Å². The Morgan fingerprint density at radius 3 is 2.25 bits per heavy atom. The second-order valence-electron chi connectivity index (χ2n) is 12.0. The van der Waals surface area contributed by atoms with E-state index in [9.17, 15) is 19.5 Å². The van der Waals surface area contributed by atoms with E-state index in [2.05, 4.69) is 10.6 Å². The smallest absolute Gasteiger partial charge is 0.250 e. The van der Waals surface area contributed by atoms with Gasteiger partial charge < -0.3 is 30.1 Å². The van der Waals surface area contributed by atoms with Gasteiger partial charge in [0.05, 0.1) is 36.7 Å². The summed E-state index contributed by atoms with van der Waals surface area (Å²) in [5.41, 5.74) is -0.549. The van der Waals surface area contributed by atoms with Crippen molar-refractivity contribution in [3.63, 3.8) is 0 Å². The number of fused-ring (bicyclic) bond motifs is 1. The van der Waals surface area contributed by atoms with Crippen LogP contribution in [-0.2, 0) is 19.1 Å². The van der Waals surface area contributed by atoms with Crippen molar-refractivity contribution < 1.29 is 29.0 Å². The Morgan fingerprint density at radius 1 is 1.02 bits per heavy atom. The summed E-state index contributed by atoms with van der Waals surface area (Å²) in [5.74, 6) is -2.49. The van der Waals surface area contributed by atoms with E-state index in [-0.39, 0.29) is 11.8 Å². The number of hydrogen-bond acceptors (Lipinski definition) is 6. The van der Waals surface area contributed by atoms with Crippen LogP contribution in [0.1, 0.15) is 38.8 Å². The number of halogens is 1. The van der Waals surface area contributed by atoms with Crippen LogP contribution < -0.4 is 15.4 Å². The number of nitrogens with one attached hydrogen (secondary N) is 2. The molecule has 3 amide bonds. The molecule has 3 saturated heterocycles. The highest BCUT2D eigenvalue weighted by Crippen LogP contribution is 2.66. The van der Waals surface area contributed by atoms with E-state index in [1.165, 1.54) is 4.90 Å². The van der Waals surface area contributed by atoms with Gasteiger partial charge in [0.15, 0.2) is 0 Å². The molecule has 3 heterocycles. The molecule has 2 bridgehead atoms. The fourth-order valence-corrected chi connectivity index (χ4v) is 7.63. The minimum Gasteiger partial charge on any atom is -0.494 e. The Labute approximate surface area is 261 Å². The molecular weight excluding hydrogens is 582 g/mol. The molecule has 3 N–H and O–H groups in total. The summed E-state index contributed by atoms with van der Waals surface area (Å²) in [6.45, 7) is 5.85. The van der Waals surface area contributed by atoms with Gasteiger partial charge in [-0.15, -0.1) is 0 Å². The number of nitrogens with zero attached hydrogens (tertiary/aromatic N) is 1. The monoisotopic (exact) mass is 617 g/mol. The Morgan fingerprint density at radius 2 is 1.64 bits per heavy atom. The van der Waals surface area contributed by atoms with E-state index in [1.54, 1.807) is 48.5 Å². The second-order valence-corrected chi connectivity index (χ2v) is 12.4. The summed E-state index contributed by atoms with van der Waals surface area (Å²) in [5, 5.41) is 17.1. The maximum absolute atomic E-state index is 14.6. The normalized spacial score (nSPS) is 29.3. The number of aliphatic hydroxyl groups is 1. The molecule has 3 aromatic rings. The predicted octanol–water partition coefficient (Wildman–Crippen LogP) is 5.06. The van der Waals surface area contributed by atoms with Crippen molar-refractivity contribution in [1.82, 2.24) is 4.90 Å². The van der Waals surface area contributed by atoms with Gasteiger partial charge in [0, 0.05) is 16.4 Å². The highest BCUT2D eigenvalue weighted by atomic mass is 35.5. The zero-order valence-corrected chi connectivity index (χ0v) is 25.6. The quantitative estimate of drug-likeness (QED) is 0.309. The summed E-state index contributed by atoms with van der Waals surface area (Å²) in [4.78, 5) is 44.5. The van der Waals surface area contributed by atoms with E-state index in [0.717, 1.165) is 0 Å². The first kappa shape index (κ1) is 30.1. The molecule has 3 unspecified atom stereocenters. The van der Waals surface area contributed by atoms with Crippen molar-refractivity contribution in [3.05, 3.63) is 89.4 Å². The van der Waals surface area contributed by atoms with Crippen molar-refractivity contribution in [2.24, 2.45) is 17.8 Å². The average molecular weight is 618 g/mol. The zero-order valence-electron chi connectivity index (χ0n) is 24.8. The molecular formula is C34H36ClN3O6.